The molecule has 1 saturated heterocycles. The van der Waals surface area contributed by atoms with Gasteiger partial charge in [-0.1, -0.05) is 44.2 Å². The Kier molecular flexibility index (Phi) is 5.98. The molecule has 0 aromatic heterocycles. The molecule has 1 atom stereocenters. The lowest BCUT2D eigenvalue weighted by molar-refractivity contribution is -0.126. The first-order valence-electron chi connectivity index (χ1n) is 8.41. The number of hydrogen-bond acceptors (Lipinski definition) is 3. The molecule has 1 aliphatic heterocycles. The van der Waals surface area contributed by atoms with Gasteiger partial charge in [-0.25, -0.2) is 0 Å². The van der Waals surface area contributed by atoms with Gasteiger partial charge in [0.15, 0.2) is 0 Å². The molecule has 4 heteroatoms. The van der Waals surface area contributed by atoms with Gasteiger partial charge in [-0.15, -0.1) is 0 Å². The van der Waals surface area contributed by atoms with E-state index in [1.165, 1.54) is 5.56 Å². The molecule has 2 rings (SSSR count). The number of carbonyl (C=O) groups is 1. The summed E-state index contributed by atoms with van der Waals surface area (Å²) in [6.45, 7) is 8.87. The van der Waals surface area contributed by atoms with Crippen LogP contribution in [0.4, 0.5) is 0 Å². The number of rotatable bonds is 8. The SMILES string of the molecule is CCC(CC)(CNC(=O)C1CNC1)NC(C)c1ccccc1. The van der Waals surface area contributed by atoms with E-state index >= 15 is 0 Å². The summed E-state index contributed by atoms with van der Waals surface area (Å²) in [6, 6.07) is 10.7. The first-order chi connectivity index (χ1) is 10.6. The zero-order valence-corrected chi connectivity index (χ0v) is 14.0. The summed E-state index contributed by atoms with van der Waals surface area (Å²) in [5.74, 6) is 0.331. The fraction of sp³-hybridized carbons (Fsp3) is 0.611. The van der Waals surface area contributed by atoms with Crippen molar-refractivity contribution in [2.45, 2.75) is 45.2 Å². The predicted octanol–water partition coefficient (Wildman–Crippen LogP) is 2.23. The summed E-state index contributed by atoms with van der Waals surface area (Å²) in [4.78, 5) is 12.1. The first kappa shape index (κ1) is 17.0. The lowest BCUT2D eigenvalue weighted by Gasteiger charge is -2.37. The van der Waals surface area contributed by atoms with Gasteiger partial charge in [0.05, 0.1) is 5.92 Å². The summed E-state index contributed by atoms with van der Waals surface area (Å²) < 4.78 is 0. The van der Waals surface area contributed by atoms with Gasteiger partial charge >= 0.3 is 0 Å². The maximum absolute atomic E-state index is 12.1. The molecule has 3 N–H and O–H groups in total. The van der Waals surface area contributed by atoms with E-state index in [-0.39, 0.29) is 23.4 Å². The van der Waals surface area contributed by atoms with Crippen molar-refractivity contribution in [1.82, 2.24) is 16.0 Å². The predicted molar refractivity (Wildman–Crippen MR) is 90.7 cm³/mol. The molecule has 1 unspecified atom stereocenters. The summed E-state index contributed by atoms with van der Waals surface area (Å²) in [5, 5.41) is 10.0. The third-order valence-electron chi connectivity index (χ3n) is 4.93. The van der Waals surface area contributed by atoms with Crippen LogP contribution in [0.2, 0.25) is 0 Å². The van der Waals surface area contributed by atoms with Crippen molar-refractivity contribution in [3.05, 3.63) is 35.9 Å². The normalized spacial score (nSPS) is 16.9. The number of amides is 1. The van der Waals surface area contributed by atoms with E-state index in [9.17, 15) is 4.79 Å². The standard InChI is InChI=1S/C18H29N3O/c1-4-18(5-2,13-20-17(22)16-11-19-12-16)21-14(3)15-9-7-6-8-10-15/h6-10,14,16,19,21H,4-5,11-13H2,1-3H3,(H,20,22). The van der Waals surface area contributed by atoms with E-state index in [0.717, 1.165) is 25.9 Å². The highest BCUT2D eigenvalue weighted by Crippen LogP contribution is 2.21. The van der Waals surface area contributed by atoms with E-state index in [2.05, 4.69) is 61.0 Å². The minimum Gasteiger partial charge on any atom is -0.354 e. The van der Waals surface area contributed by atoms with Gasteiger partial charge in [0, 0.05) is 31.2 Å². The molecule has 0 bridgehead atoms. The van der Waals surface area contributed by atoms with Crippen molar-refractivity contribution in [2.75, 3.05) is 19.6 Å². The third-order valence-corrected chi connectivity index (χ3v) is 4.93. The van der Waals surface area contributed by atoms with E-state index in [1.807, 2.05) is 6.07 Å². The lowest BCUT2D eigenvalue weighted by atomic mass is 9.90. The molecule has 0 spiro atoms. The van der Waals surface area contributed by atoms with Gasteiger partial charge in [0.2, 0.25) is 5.91 Å². The zero-order chi connectivity index (χ0) is 16.0. The van der Waals surface area contributed by atoms with Crippen LogP contribution in [0.15, 0.2) is 30.3 Å². The zero-order valence-electron chi connectivity index (χ0n) is 14.0. The lowest BCUT2D eigenvalue weighted by Crippen LogP contribution is -2.57. The molecule has 0 aliphatic carbocycles. The van der Waals surface area contributed by atoms with Crippen LogP contribution in [0.5, 0.6) is 0 Å². The Labute approximate surface area is 134 Å². The second-order valence-electron chi connectivity index (χ2n) is 6.34. The topological polar surface area (TPSA) is 53.2 Å². The van der Waals surface area contributed by atoms with Crippen LogP contribution < -0.4 is 16.0 Å². The van der Waals surface area contributed by atoms with Crippen LogP contribution in [0.3, 0.4) is 0 Å². The first-order valence-corrected chi connectivity index (χ1v) is 8.41. The number of nitrogens with one attached hydrogen (secondary N) is 3. The van der Waals surface area contributed by atoms with Gasteiger partial charge in [-0.2, -0.15) is 0 Å². The maximum atomic E-state index is 12.1. The third kappa shape index (κ3) is 4.08. The Morgan fingerprint density at radius 2 is 1.91 bits per heavy atom. The monoisotopic (exact) mass is 303 g/mol. The highest BCUT2D eigenvalue weighted by molar-refractivity contribution is 5.80. The molecular formula is C18H29N3O. The van der Waals surface area contributed by atoms with Crippen molar-refractivity contribution in [3.63, 3.8) is 0 Å². The van der Waals surface area contributed by atoms with Gasteiger partial charge in [0.25, 0.3) is 0 Å². The highest BCUT2D eigenvalue weighted by Gasteiger charge is 2.31. The van der Waals surface area contributed by atoms with E-state index in [4.69, 9.17) is 0 Å². The average molecular weight is 303 g/mol. The Balaban J connectivity index is 1.95. The van der Waals surface area contributed by atoms with Gasteiger partial charge in [-0.05, 0) is 25.3 Å². The molecule has 1 fully saturated rings. The fourth-order valence-electron chi connectivity index (χ4n) is 2.91. The molecule has 4 nitrogen and oxygen atoms in total. The van der Waals surface area contributed by atoms with Gasteiger partial charge in [-0.3, -0.25) is 4.79 Å². The number of carbonyl (C=O) groups excluding carboxylic acids is 1. The van der Waals surface area contributed by atoms with Crippen LogP contribution in [-0.2, 0) is 4.79 Å². The van der Waals surface area contributed by atoms with Crippen LogP contribution in [0, 0.1) is 5.92 Å². The molecule has 1 heterocycles. The van der Waals surface area contributed by atoms with Crippen molar-refractivity contribution in [1.29, 1.82) is 0 Å². The summed E-state index contributed by atoms with van der Waals surface area (Å²) in [7, 11) is 0. The molecule has 122 valence electrons. The van der Waals surface area contributed by atoms with Crippen LogP contribution in [-0.4, -0.2) is 31.1 Å². The van der Waals surface area contributed by atoms with Crippen LogP contribution in [0.25, 0.3) is 0 Å². The van der Waals surface area contributed by atoms with Crippen molar-refractivity contribution in [3.8, 4) is 0 Å². The van der Waals surface area contributed by atoms with E-state index < -0.39 is 0 Å². The van der Waals surface area contributed by atoms with E-state index in [0.29, 0.717) is 6.54 Å². The molecule has 0 radical (unpaired) electrons. The van der Waals surface area contributed by atoms with Crippen LogP contribution >= 0.6 is 0 Å². The van der Waals surface area contributed by atoms with E-state index in [1.54, 1.807) is 0 Å². The molecule has 1 aromatic carbocycles. The molecular weight excluding hydrogens is 274 g/mol. The fourth-order valence-corrected chi connectivity index (χ4v) is 2.91. The largest absolute Gasteiger partial charge is 0.354 e. The summed E-state index contributed by atoms with van der Waals surface area (Å²) in [5.41, 5.74) is 1.23. The number of hydrogen-bond donors (Lipinski definition) is 3. The second kappa shape index (κ2) is 7.75. The Hall–Kier alpha value is -1.39. The molecule has 22 heavy (non-hydrogen) atoms. The average Bonchev–Trinajstić information content (AvgIpc) is 2.50. The molecule has 1 aliphatic rings. The molecule has 1 aromatic rings. The maximum Gasteiger partial charge on any atom is 0.225 e. The smallest absolute Gasteiger partial charge is 0.225 e. The number of benzene rings is 1. The summed E-state index contributed by atoms with van der Waals surface area (Å²) in [6.07, 6.45) is 1.98. The summed E-state index contributed by atoms with van der Waals surface area (Å²) >= 11 is 0. The van der Waals surface area contributed by atoms with Crippen LogP contribution in [0.1, 0.15) is 45.2 Å². The quantitative estimate of drug-likeness (QED) is 0.690. The molecule has 1 amide bonds. The Morgan fingerprint density at radius 1 is 1.27 bits per heavy atom. The minimum atomic E-state index is -0.0535. The molecule has 0 saturated carbocycles. The Bertz CT molecular complexity index is 466. The van der Waals surface area contributed by atoms with Gasteiger partial charge in [0.1, 0.15) is 0 Å². The minimum absolute atomic E-state index is 0.0535. The second-order valence-corrected chi connectivity index (χ2v) is 6.34. The van der Waals surface area contributed by atoms with Crippen molar-refractivity contribution < 1.29 is 4.79 Å². The highest BCUT2D eigenvalue weighted by atomic mass is 16.2. The van der Waals surface area contributed by atoms with Gasteiger partial charge < -0.3 is 16.0 Å². The Morgan fingerprint density at radius 3 is 2.41 bits per heavy atom. The van der Waals surface area contributed by atoms with Crippen molar-refractivity contribution >= 4 is 5.91 Å². The van der Waals surface area contributed by atoms with Crippen molar-refractivity contribution in [2.24, 2.45) is 5.92 Å².